The lowest BCUT2D eigenvalue weighted by Gasteiger charge is -2.25. The highest BCUT2D eigenvalue weighted by Gasteiger charge is 2.33. The Hall–Kier alpha value is -5.42. The summed E-state index contributed by atoms with van der Waals surface area (Å²) in [5.74, 6) is -12.2. The number of carbonyl (C=O) groups is 10. The molecule has 0 saturated heterocycles. The third-order valence-electron chi connectivity index (χ3n) is 6.33. The molecule has 0 aromatic heterocycles. The number of hydrogen-bond donors (Lipinski definition) is 13. The van der Waals surface area contributed by atoms with Crippen LogP contribution in [-0.4, -0.2) is 136 Å². The van der Waals surface area contributed by atoms with Crippen molar-refractivity contribution in [1.29, 1.82) is 0 Å². The van der Waals surface area contributed by atoms with Gasteiger partial charge in [-0.1, -0.05) is 6.42 Å². The van der Waals surface area contributed by atoms with E-state index in [4.69, 9.17) is 27.4 Å². The molecule has 23 heteroatoms. The molecule has 16 N–H and O–H groups in total. The molecule has 0 aromatic rings. The minimum Gasteiger partial charge on any atom is -0.481 e. The van der Waals surface area contributed by atoms with Gasteiger partial charge in [0, 0.05) is 6.42 Å². The van der Waals surface area contributed by atoms with E-state index in [9.17, 15) is 58.2 Å². The van der Waals surface area contributed by atoms with Gasteiger partial charge in [-0.3, -0.25) is 43.2 Å². The molecule has 0 aliphatic heterocycles. The lowest BCUT2D eigenvalue weighted by molar-refractivity contribution is -0.143. The Labute approximate surface area is 278 Å². The van der Waals surface area contributed by atoms with Crippen LogP contribution in [0.3, 0.4) is 0 Å². The zero-order valence-corrected chi connectivity index (χ0v) is 26.3. The summed E-state index contributed by atoms with van der Waals surface area (Å²) in [5, 5.41) is 48.6. The Bertz CT molecular complexity index is 1230. The number of carboxylic acids is 3. The number of primary amides is 1. The van der Waals surface area contributed by atoms with Gasteiger partial charge in [-0.2, -0.15) is 0 Å². The SMILES string of the molecule is NCCCC[C@H](N)C(=O)N[C@@H](CCC(N)=O)C(=O)N[C@@H](CC(=O)O)C(=O)N[C@@H](CC(=O)O)C(=O)NCC(=O)NCC(=O)N[C@@H](CO)C(=O)O. The zero-order chi connectivity index (χ0) is 37.7. The maximum Gasteiger partial charge on any atom is 0.328 e. The summed E-state index contributed by atoms with van der Waals surface area (Å²) >= 11 is 0. The first-order chi connectivity index (χ1) is 22.9. The van der Waals surface area contributed by atoms with Gasteiger partial charge in [0.2, 0.25) is 41.4 Å². The molecule has 0 aliphatic rings. The summed E-state index contributed by atoms with van der Waals surface area (Å²) < 4.78 is 0. The Morgan fingerprint density at radius 2 is 1.10 bits per heavy atom. The van der Waals surface area contributed by atoms with E-state index < -0.39 is 128 Å². The molecule has 276 valence electrons. The van der Waals surface area contributed by atoms with Crippen LogP contribution in [-0.2, 0) is 47.9 Å². The van der Waals surface area contributed by atoms with Crippen LogP contribution in [0.2, 0.25) is 0 Å². The Morgan fingerprint density at radius 1 is 0.592 bits per heavy atom. The molecule has 0 aromatic carbocycles. The van der Waals surface area contributed by atoms with E-state index in [2.05, 4.69) is 10.6 Å². The topological polar surface area (TPSA) is 402 Å². The molecule has 0 unspecified atom stereocenters. The molecule has 5 atom stereocenters. The number of rotatable bonds is 25. The molecular weight excluding hydrogens is 662 g/mol. The van der Waals surface area contributed by atoms with Crippen molar-refractivity contribution in [2.45, 2.75) is 75.2 Å². The summed E-state index contributed by atoms with van der Waals surface area (Å²) in [4.78, 5) is 120. The van der Waals surface area contributed by atoms with E-state index in [-0.39, 0.29) is 12.8 Å². The van der Waals surface area contributed by atoms with Gasteiger partial charge in [0.15, 0.2) is 0 Å². The molecule has 0 saturated carbocycles. The van der Waals surface area contributed by atoms with Crippen LogP contribution in [0.4, 0.5) is 0 Å². The van der Waals surface area contributed by atoms with Crippen molar-refractivity contribution in [3.05, 3.63) is 0 Å². The molecule has 49 heavy (non-hydrogen) atoms. The zero-order valence-electron chi connectivity index (χ0n) is 26.3. The maximum atomic E-state index is 13.1. The minimum atomic E-state index is -1.95. The van der Waals surface area contributed by atoms with Crippen molar-refractivity contribution in [2.75, 3.05) is 26.2 Å². The maximum absolute atomic E-state index is 13.1. The smallest absolute Gasteiger partial charge is 0.328 e. The molecular formula is C26H43N9O14. The van der Waals surface area contributed by atoms with Gasteiger partial charge >= 0.3 is 17.9 Å². The summed E-state index contributed by atoms with van der Waals surface area (Å²) in [6.45, 7) is -2.23. The highest BCUT2D eigenvalue weighted by atomic mass is 16.4. The summed E-state index contributed by atoms with van der Waals surface area (Å²) in [5.41, 5.74) is 16.4. The van der Waals surface area contributed by atoms with Gasteiger partial charge < -0.3 is 69.5 Å². The highest BCUT2D eigenvalue weighted by Crippen LogP contribution is 2.05. The first kappa shape index (κ1) is 43.6. The van der Waals surface area contributed by atoms with E-state index in [0.717, 1.165) is 0 Å². The van der Waals surface area contributed by atoms with Crippen LogP contribution in [0.15, 0.2) is 0 Å². The van der Waals surface area contributed by atoms with Crippen LogP contribution in [0.25, 0.3) is 0 Å². The average molecular weight is 706 g/mol. The van der Waals surface area contributed by atoms with Crippen LogP contribution >= 0.6 is 0 Å². The molecule has 0 rings (SSSR count). The van der Waals surface area contributed by atoms with E-state index in [1.54, 1.807) is 0 Å². The predicted molar refractivity (Wildman–Crippen MR) is 162 cm³/mol. The summed E-state index contributed by atoms with van der Waals surface area (Å²) in [6.07, 6.45) is -1.71. The van der Waals surface area contributed by atoms with Crippen LogP contribution < -0.4 is 49.1 Å². The van der Waals surface area contributed by atoms with Crippen molar-refractivity contribution in [2.24, 2.45) is 17.2 Å². The fourth-order valence-electron chi connectivity index (χ4n) is 3.75. The number of nitrogens with one attached hydrogen (secondary N) is 6. The number of aliphatic hydroxyl groups is 1. The number of carboxylic acid groups (broad SMARTS) is 3. The number of carbonyl (C=O) groups excluding carboxylic acids is 7. The summed E-state index contributed by atoms with van der Waals surface area (Å²) in [7, 11) is 0. The van der Waals surface area contributed by atoms with Gasteiger partial charge in [-0.15, -0.1) is 0 Å². The van der Waals surface area contributed by atoms with Crippen molar-refractivity contribution >= 4 is 59.3 Å². The Morgan fingerprint density at radius 3 is 1.59 bits per heavy atom. The molecule has 0 radical (unpaired) electrons. The number of nitrogens with two attached hydrogens (primary N) is 3. The predicted octanol–water partition coefficient (Wildman–Crippen LogP) is -7.09. The minimum absolute atomic E-state index is 0.194. The third-order valence-corrected chi connectivity index (χ3v) is 6.33. The van der Waals surface area contributed by atoms with Crippen molar-refractivity contribution in [3.8, 4) is 0 Å². The second kappa shape index (κ2) is 23.0. The van der Waals surface area contributed by atoms with E-state index in [0.29, 0.717) is 19.4 Å². The lowest BCUT2D eigenvalue weighted by Crippen LogP contribution is -2.58. The van der Waals surface area contributed by atoms with Gasteiger partial charge in [0.25, 0.3) is 0 Å². The van der Waals surface area contributed by atoms with Crippen LogP contribution in [0.1, 0.15) is 44.9 Å². The fourth-order valence-corrected chi connectivity index (χ4v) is 3.75. The average Bonchev–Trinajstić information content (AvgIpc) is 3.01. The van der Waals surface area contributed by atoms with Gasteiger partial charge in [0.1, 0.15) is 24.2 Å². The van der Waals surface area contributed by atoms with Crippen molar-refractivity contribution in [1.82, 2.24) is 31.9 Å². The quantitative estimate of drug-likeness (QED) is 0.0392. The van der Waals surface area contributed by atoms with Crippen molar-refractivity contribution in [3.63, 3.8) is 0 Å². The van der Waals surface area contributed by atoms with Crippen molar-refractivity contribution < 1.29 is 68.4 Å². The standard InChI is InChI=1S/C26H43N9O14/c27-6-2-1-3-12(28)22(44)33-13(4-5-17(29)37)24(46)35-15(8-21(42)43)25(47)34-14(7-20(40)41)23(45)31-9-18(38)30-10-19(39)32-16(11-36)26(48)49/h12-16,36H,1-11,27-28H2,(H2,29,37)(H,30,38)(H,31,45)(H,32,39)(H,33,44)(H,34,47)(H,35,46)(H,40,41)(H,42,43)(H,48,49)/t12-,13-,14-,15-,16-/m0/s1. The molecule has 23 nitrogen and oxygen atoms in total. The van der Waals surface area contributed by atoms with Gasteiger partial charge in [-0.05, 0) is 25.8 Å². The molecule has 0 bridgehead atoms. The third kappa shape index (κ3) is 19.1. The molecule has 7 amide bonds. The van der Waals surface area contributed by atoms with E-state index in [1.165, 1.54) is 0 Å². The number of hydrogen-bond acceptors (Lipinski definition) is 13. The van der Waals surface area contributed by atoms with Gasteiger partial charge in [0.05, 0.1) is 38.6 Å². The lowest BCUT2D eigenvalue weighted by atomic mass is 10.1. The number of amides is 7. The molecule has 0 heterocycles. The monoisotopic (exact) mass is 705 g/mol. The molecule has 0 spiro atoms. The Balaban J connectivity index is 5.62. The normalized spacial score (nSPS) is 13.6. The number of aliphatic hydroxyl groups excluding tert-OH is 1. The van der Waals surface area contributed by atoms with E-state index in [1.807, 2.05) is 21.3 Å². The number of aliphatic carboxylic acids is 3. The second-order valence-corrected chi connectivity index (χ2v) is 10.4. The molecule has 0 aliphatic carbocycles. The number of unbranched alkanes of at least 4 members (excludes halogenated alkanes) is 1. The largest absolute Gasteiger partial charge is 0.481 e. The first-order valence-corrected chi connectivity index (χ1v) is 14.7. The second-order valence-electron chi connectivity index (χ2n) is 10.4. The van der Waals surface area contributed by atoms with Crippen LogP contribution in [0.5, 0.6) is 0 Å². The Kier molecular flexibility index (Phi) is 20.5. The van der Waals surface area contributed by atoms with Crippen LogP contribution in [0, 0.1) is 0 Å². The highest BCUT2D eigenvalue weighted by molar-refractivity contribution is 5.98. The fraction of sp³-hybridized carbons (Fsp3) is 0.615. The first-order valence-electron chi connectivity index (χ1n) is 14.7. The summed E-state index contributed by atoms with van der Waals surface area (Å²) in [6, 6.07) is -8.13. The molecule has 0 fully saturated rings. The van der Waals surface area contributed by atoms with Gasteiger partial charge in [-0.25, -0.2) is 4.79 Å². The van der Waals surface area contributed by atoms with E-state index >= 15 is 0 Å².